The topological polar surface area (TPSA) is 28.7 Å². The van der Waals surface area contributed by atoms with Crippen molar-refractivity contribution in [3.05, 3.63) is 44.6 Å². The Bertz CT molecular complexity index is 718. The lowest BCUT2D eigenvalue weighted by Crippen LogP contribution is -1.93. The van der Waals surface area contributed by atoms with Gasteiger partial charge in [0.15, 0.2) is 0 Å². The molecule has 0 amide bonds. The summed E-state index contributed by atoms with van der Waals surface area (Å²) in [6.45, 7) is 0. The average molecular weight is 451 g/mol. The maximum Gasteiger partial charge on any atom is 0.148 e. The molecule has 0 atom stereocenters. The second kappa shape index (κ2) is 6.57. The molecule has 21 heavy (non-hydrogen) atoms. The normalized spacial score (nSPS) is 12.2. The maximum absolute atomic E-state index is 13.0. The summed E-state index contributed by atoms with van der Waals surface area (Å²) in [5, 5.41) is 9.89. The molecule has 112 valence electrons. The van der Waals surface area contributed by atoms with E-state index in [1.54, 1.807) is 12.1 Å². The smallest absolute Gasteiger partial charge is 0.148 e. The van der Waals surface area contributed by atoms with E-state index in [1.807, 2.05) is 6.07 Å². The van der Waals surface area contributed by atoms with Crippen LogP contribution in [0, 0.1) is 11.3 Å². The second-order valence-electron chi connectivity index (χ2n) is 3.96. The molecule has 0 unspecified atom stereocenters. The van der Waals surface area contributed by atoms with Crippen LogP contribution in [0.25, 0.3) is 5.69 Å². The number of hydrogen-bond donors (Lipinski definition) is 0. The van der Waals surface area contributed by atoms with Gasteiger partial charge in [-0.1, -0.05) is 39.1 Å². The fraction of sp³-hybridized carbons (Fsp3) is 0.0833. The fourth-order valence-corrected chi connectivity index (χ4v) is 4.67. The molecule has 2 rings (SSSR count). The van der Waals surface area contributed by atoms with Crippen molar-refractivity contribution < 1.29 is 4.39 Å². The standard InChI is InChI=1S/C12H6BrCl4FN2S/c13-8-1-9(14)12(10(15)2-8)20-4-7(3-19)11(5-20)21(16,17)6-18/h1-2,4-5H,6H2. The van der Waals surface area contributed by atoms with Gasteiger partial charge in [0, 0.05) is 16.9 Å². The number of alkyl halides is 1. The van der Waals surface area contributed by atoms with Gasteiger partial charge in [0.25, 0.3) is 0 Å². The van der Waals surface area contributed by atoms with Gasteiger partial charge in [-0.15, -0.1) is 0 Å². The van der Waals surface area contributed by atoms with E-state index < -0.39 is 14.5 Å². The molecule has 0 aliphatic rings. The van der Waals surface area contributed by atoms with Gasteiger partial charge in [-0.25, -0.2) is 4.39 Å². The highest BCUT2D eigenvalue weighted by atomic mass is 79.9. The zero-order chi connectivity index (χ0) is 15.8. The minimum Gasteiger partial charge on any atom is -0.319 e. The summed E-state index contributed by atoms with van der Waals surface area (Å²) in [6.07, 6.45) is 2.95. The highest BCUT2D eigenvalue weighted by Crippen LogP contribution is 2.66. The Hall–Kier alpha value is -0.0900. The van der Waals surface area contributed by atoms with E-state index >= 15 is 0 Å². The molecule has 0 bridgehead atoms. The maximum atomic E-state index is 13.0. The summed E-state index contributed by atoms with van der Waals surface area (Å²) in [4.78, 5) is 0.242. The molecule has 1 aromatic carbocycles. The highest BCUT2D eigenvalue weighted by Gasteiger charge is 2.27. The molecule has 0 saturated carbocycles. The number of rotatable bonds is 3. The third kappa shape index (κ3) is 3.47. The summed E-state index contributed by atoms with van der Waals surface area (Å²) >= 11 is 15.6. The van der Waals surface area contributed by atoms with Crippen LogP contribution in [0.15, 0.2) is 33.9 Å². The van der Waals surface area contributed by atoms with Gasteiger partial charge in [-0.05, 0) is 42.0 Å². The first kappa shape index (κ1) is 17.3. The fourth-order valence-electron chi connectivity index (χ4n) is 1.73. The van der Waals surface area contributed by atoms with E-state index in [1.165, 1.54) is 17.0 Å². The minimum atomic E-state index is -2.72. The van der Waals surface area contributed by atoms with Crippen molar-refractivity contribution in [2.75, 3.05) is 6.01 Å². The number of halogens is 6. The molecule has 0 aliphatic carbocycles. The molecule has 0 spiro atoms. The number of aromatic nitrogens is 1. The molecule has 2 nitrogen and oxygen atoms in total. The summed E-state index contributed by atoms with van der Waals surface area (Å²) in [6, 6.07) is 4.31. The van der Waals surface area contributed by atoms with Crippen molar-refractivity contribution in [3.63, 3.8) is 0 Å². The van der Waals surface area contributed by atoms with Gasteiger partial charge in [0.1, 0.15) is 12.1 Å². The SMILES string of the molecule is N#Cc1cn(-c2c(Cl)cc(Br)cc2Cl)cc1S(Cl)(Cl)CF. The molecule has 2 aromatic rings. The predicted octanol–water partition coefficient (Wildman–Crippen LogP) is 6.82. The van der Waals surface area contributed by atoms with Crippen LogP contribution < -0.4 is 0 Å². The number of benzene rings is 1. The zero-order valence-electron chi connectivity index (χ0n) is 10.1. The van der Waals surface area contributed by atoms with Crippen molar-refractivity contribution in [2.24, 2.45) is 0 Å². The van der Waals surface area contributed by atoms with Crippen LogP contribution in [0.2, 0.25) is 10.0 Å². The van der Waals surface area contributed by atoms with Crippen molar-refractivity contribution in [1.82, 2.24) is 4.57 Å². The van der Waals surface area contributed by atoms with Crippen LogP contribution in [0.3, 0.4) is 0 Å². The van der Waals surface area contributed by atoms with Crippen molar-refractivity contribution in [1.29, 1.82) is 5.26 Å². The van der Waals surface area contributed by atoms with Gasteiger partial charge in [0.2, 0.25) is 0 Å². The summed E-state index contributed by atoms with van der Waals surface area (Å²) < 4.78 is 15.2. The van der Waals surface area contributed by atoms with E-state index in [9.17, 15) is 4.39 Å². The first-order valence-corrected chi connectivity index (χ1v) is 10.3. The van der Waals surface area contributed by atoms with Gasteiger partial charge in [-0.3, -0.25) is 0 Å². The van der Waals surface area contributed by atoms with Gasteiger partial charge >= 0.3 is 0 Å². The lowest BCUT2D eigenvalue weighted by molar-refractivity contribution is 0.603. The van der Waals surface area contributed by atoms with Crippen LogP contribution in [-0.2, 0) is 0 Å². The Morgan fingerprint density at radius 1 is 1.24 bits per heavy atom. The third-order valence-corrected chi connectivity index (χ3v) is 6.38. The molecule has 1 heterocycles. The molecular formula is C12H6BrCl4FN2S. The lowest BCUT2D eigenvalue weighted by atomic mass is 10.3. The van der Waals surface area contributed by atoms with Crippen molar-refractivity contribution >= 4 is 69.0 Å². The van der Waals surface area contributed by atoms with Crippen LogP contribution in [0.1, 0.15) is 5.56 Å². The van der Waals surface area contributed by atoms with Crippen LogP contribution >= 0.6 is 69.0 Å². The summed E-state index contributed by atoms with van der Waals surface area (Å²) in [7, 11) is 9.22. The van der Waals surface area contributed by atoms with E-state index in [0.29, 0.717) is 20.2 Å². The van der Waals surface area contributed by atoms with Crippen molar-refractivity contribution in [2.45, 2.75) is 4.90 Å². The second-order valence-corrected chi connectivity index (χ2v) is 11.1. The Morgan fingerprint density at radius 2 is 1.81 bits per heavy atom. The third-order valence-electron chi connectivity index (χ3n) is 2.61. The predicted molar refractivity (Wildman–Crippen MR) is 91.7 cm³/mol. The molecule has 0 aliphatic heterocycles. The molecule has 0 saturated heterocycles. The molecule has 0 N–H and O–H groups in total. The Morgan fingerprint density at radius 3 is 2.29 bits per heavy atom. The monoisotopic (exact) mass is 448 g/mol. The number of hydrogen-bond acceptors (Lipinski definition) is 1. The number of nitriles is 1. The first-order chi connectivity index (χ1) is 9.80. The molecule has 9 heteroatoms. The van der Waals surface area contributed by atoms with Gasteiger partial charge in [0.05, 0.1) is 26.2 Å². The molecule has 0 radical (unpaired) electrons. The van der Waals surface area contributed by atoms with E-state index in [2.05, 4.69) is 15.9 Å². The Balaban J connectivity index is 2.66. The van der Waals surface area contributed by atoms with E-state index in [0.717, 1.165) is 0 Å². The Kier molecular flexibility index (Phi) is 5.40. The minimum absolute atomic E-state index is 0.183. The summed E-state index contributed by atoms with van der Waals surface area (Å²) in [5.41, 5.74) is 0.648. The molecule has 0 fully saturated rings. The average Bonchev–Trinajstić information content (AvgIpc) is 2.82. The van der Waals surface area contributed by atoms with E-state index in [-0.39, 0.29) is 10.5 Å². The van der Waals surface area contributed by atoms with Gasteiger partial charge < -0.3 is 4.57 Å². The molecule has 1 aromatic heterocycles. The van der Waals surface area contributed by atoms with Crippen LogP contribution in [0.4, 0.5) is 4.39 Å². The lowest BCUT2D eigenvalue weighted by Gasteiger charge is -2.19. The largest absolute Gasteiger partial charge is 0.319 e. The first-order valence-electron chi connectivity index (χ1n) is 5.33. The van der Waals surface area contributed by atoms with E-state index in [4.69, 9.17) is 49.8 Å². The van der Waals surface area contributed by atoms with Gasteiger partial charge in [-0.2, -0.15) is 5.26 Å². The Labute approximate surface area is 149 Å². The molecular weight excluding hydrogens is 445 g/mol. The zero-order valence-corrected chi connectivity index (χ0v) is 15.5. The van der Waals surface area contributed by atoms with Crippen molar-refractivity contribution in [3.8, 4) is 11.8 Å². The quantitative estimate of drug-likeness (QED) is 0.504. The van der Waals surface area contributed by atoms with Crippen LogP contribution in [-0.4, -0.2) is 10.6 Å². The number of nitrogens with zero attached hydrogens (tertiary/aromatic N) is 2. The summed E-state index contributed by atoms with van der Waals surface area (Å²) in [5.74, 6) is 0. The van der Waals surface area contributed by atoms with Crippen LogP contribution in [0.5, 0.6) is 0 Å². The highest BCUT2D eigenvalue weighted by molar-refractivity contribution is 9.10.